The quantitative estimate of drug-likeness (QED) is 0.755. The average molecular weight is 224 g/mol. The third-order valence-electron chi connectivity index (χ3n) is 2.15. The number of likely N-dealkylation sites (N-methyl/N-ethyl adjacent to an activating group) is 1. The van der Waals surface area contributed by atoms with Gasteiger partial charge in [-0.2, -0.15) is 0 Å². The molecule has 5 nitrogen and oxygen atoms in total. The van der Waals surface area contributed by atoms with Crippen molar-refractivity contribution in [3.05, 3.63) is 24.0 Å². The van der Waals surface area contributed by atoms with Crippen molar-refractivity contribution in [2.75, 3.05) is 26.8 Å². The van der Waals surface area contributed by atoms with E-state index in [1.165, 1.54) is 23.4 Å². The molecule has 0 aliphatic heterocycles. The minimum absolute atomic E-state index is 0.101. The van der Waals surface area contributed by atoms with Crippen LogP contribution in [-0.2, 0) is 4.74 Å². The minimum Gasteiger partial charge on any atom is -0.505 e. The van der Waals surface area contributed by atoms with Gasteiger partial charge >= 0.3 is 0 Å². The highest BCUT2D eigenvalue weighted by atomic mass is 16.5. The first-order valence-corrected chi connectivity index (χ1v) is 5.13. The van der Waals surface area contributed by atoms with E-state index >= 15 is 0 Å². The van der Waals surface area contributed by atoms with Gasteiger partial charge in [0, 0.05) is 26.4 Å². The molecule has 0 bridgehead atoms. The van der Waals surface area contributed by atoms with Crippen molar-refractivity contribution < 1.29 is 14.6 Å². The fourth-order valence-electron chi connectivity index (χ4n) is 1.22. The van der Waals surface area contributed by atoms with Gasteiger partial charge in [0.2, 0.25) is 0 Å². The number of hydrogen-bond acceptors (Lipinski definition) is 4. The summed E-state index contributed by atoms with van der Waals surface area (Å²) >= 11 is 0. The molecule has 0 unspecified atom stereocenters. The maximum Gasteiger partial charge on any atom is 0.257 e. The summed E-state index contributed by atoms with van der Waals surface area (Å²) in [6, 6.07) is 1.49. The van der Waals surface area contributed by atoms with Crippen molar-refractivity contribution in [2.24, 2.45) is 0 Å². The van der Waals surface area contributed by atoms with Crippen LogP contribution >= 0.6 is 0 Å². The predicted molar refractivity (Wildman–Crippen MR) is 59.4 cm³/mol. The molecule has 0 spiro atoms. The lowest BCUT2D eigenvalue weighted by atomic mass is 10.2. The number of rotatable bonds is 5. The molecular weight excluding hydrogens is 208 g/mol. The van der Waals surface area contributed by atoms with Gasteiger partial charge in [-0.15, -0.1) is 0 Å². The molecular formula is C11H16N2O3. The summed E-state index contributed by atoms with van der Waals surface area (Å²) in [5, 5.41) is 9.46. The van der Waals surface area contributed by atoms with Crippen LogP contribution in [0.15, 0.2) is 18.5 Å². The van der Waals surface area contributed by atoms with Gasteiger partial charge in [0.05, 0.1) is 18.4 Å². The molecule has 0 saturated heterocycles. The number of aromatic hydroxyl groups is 1. The smallest absolute Gasteiger partial charge is 0.257 e. The molecule has 1 rings (SSSR count). The standard InChI is InChI=1S/C11H16N2O3/c1-3-16-7-6-13(2)11(15)9-4-5-12-8-10(9)14/h4-5,8,14H,3,6-7H2,1-2H3. The zero-order valence-electron chi connectivity index (χ0n) is 9.51. The summed E-state index contributed by atoms with van der Waals surface area (Å²) in [7, 11) is 1.67. The second kappa shape index (κ2) is 6.07. The zero-order chi connectivity index (χ0) is 12.0. The SMILES string of the molecule is CCOCCN(C)C(=O)c1ccncc1O. The van der Waals surface area contributed by atoms with E-state index in [2.05, 4.69) is 4.98 Å². The number of nitrogens with zero attached hydrogens (tertiary/aromatic N) is 2. The fraction of sp³-hybridized carbons (Fsp3) is 0.455. The maximum atomic E-state index is 11.8. The number of carbonyl (C=O) groups excluding carboxylic acids is 1. The first-order chi connectivity index (χ1) is 7.66. The first-order valence-electron chi connectivity index (χ1n) is 5.13. The van der Waals surface area contributed by atoms with Gasteiger partial charge in [0.25, 0.3) is 5.91 Å². The van der Waals surface area contributed by atoms with Crippen LogP contribution in [0.2, 0.25) is 0 Å². The molecule has 0 fully saturated rings. The van der Waals surface area contributed by atoms with Crippen LogP contribution in [0.5, 0.6) is 5.75 Å². The Morgan fingerprint density at radius 1 is 1.62 bits per heavy atom. The summed E-state index contributed by atoms with van der Waals surface area (Å²) < 4.78 is 5.15. The third-order valence-corrected chi connectivity index (χ3v) is 2.15. The zero-order valence-corrected chi connectivity index (χ0v) is 9.51. The van der Waals surface area contributed by atoms with Crippen LogP contribution in [0, 0.1) is 0 Å². The Bertz CT molecular complexity index is 355. The van der Waals surface area contributed by atoms with E-state index in [1.54, 1.807) is 7.05 Å². The van der Waals surface area contributed by atoms with E-state index in [0.717, 1.165) is 0 Å². The molecule has 1 aromatic heterocycles. The second-order valence-corrected chi connectivity index (χ2v) is 3.32. The number of carbonyl (C=O) groups is 1. The largest absolute Gasteiger partial charge is 0.505 e. The molecule has 0 atom stereocenters. The van der Waals surface area contributed by atoms with Crippen LogP contribution in [0.1, 0.15) is 17.3 Å². The number of aromatic nitrogens is 1. The molecule has 88 valence electrons. The molecule has 0 aromatic carbocycles. The van der Waals surface area contributed by atoms with Gasteiger partial charge in [0.1, 0.15) is 5.75 Å². The average Bonchev–Trinajstić information content (AvgIpc) is 2.29. The number of hydrogen-bond donors (Lipinski definition) is 1. The lowest BCUT2D eigenvalue weighted by Crippen LogP contribution is -2.30. The van der Waals surface area contributed by atoms with E-state index < -0.39 is 0 Å². The van der Waals surface area contributed by atoms with Gasteiger partial charge in [-0.1, -0.05) is 0 Å². The summed E-state index contributed by atoms with van der Waals surface area (Å²) in [6.45, 7) is 3.51. The van der Waals surface area contributed by atoms with Gasteiger partial charge in [-0.25, -0.2) is 0 Å². The van der Waals surface area contributed by atoms with E-state index in [4.69, 9.17) is 4.74 Å². The van der Waals surface area contributed by atoms with Crippen LogP contribution in [0.4, 0.5) is 0 Å². The molecule has 1 heterocycles. The molecule has 0 saturated carbocycles. The Hall–Kier alpha value is -1.62. The molecule has 1 amide bonds. The van der Waals surface area contributed by atoms with Crippen LogP contribution in [0.25, 0.3) is 0 Å². The highest BCUT2D eigenvalue weighted by molar-refractivity contribution is 5.96. The van der Waals surface area contributed by atoms with E-state index in [1.807, 2.05) is 6.92 Å². The lowest BCUT2D eigenvalue weighted by molar-refractivity contribution is 0.0707. The Morgan fingerprint density at radius 3 is 3.00 bits per heavy atom. The Kier molecular flexibility index (Phi) is 4.72. The van der Waals surface area contributed by atoms with Gasteiger partial charge in [-0.05, 0) is 13.0 Å². The number of ether oxygens (including phenoxy) is 1. The van der Waals surface area contributed by atoms with Crippen molar-refractivity contribution >= 4 is 5.91 Å². The first kappa shape index (κ1) is 12.4. The van der Waals surface area contributed by atoms with Crippen LogP contribution in [0.3, 0.4) is 0 Å². The molecule has 16 heavy (non-hydrogen) atoms. The summed E-state index contributed by atoms with van der Waals surface area (Å²) in [5.74, 6) is -0.338. The van der Waals surface area contributed by atoms with Crippen LogP contribution in [-0.4, -0.2) is 47.7 Å². The van der Waals surface area contributed by atoms with Crippen molar-refractivity contribution in [2.45, 2.75) is 6.92 Å². The van der Waals surface area contributed by atoms with Crippen molar-refractivity contribution in [3.8, 4) is 5.75 Å². The van der Waals surface area contributed by atoms with E-state index in [-0.39, 0.29) is 17.2 Å². The van der Waals surface area contributed by atoms with Crippen molar-refractivity contribution in [1.82, 2.24) is 9.88 Å². The Labute approximate surface area is 94.7 Å². The summed E-state index contributed by atoms with van der Waals surface area (Å²) in [5.41, 5.74) is 0.258. The topological polar surface area (TPSA) is 62.7 Å². The monoisotopic (exact) mass is 224 g/mol. The summed E-state index contributed by atoms with van der Waals surface area (Å²) in [6.07, 6.45) is 2.73. The Morgan fingerprint density at radius 2 is 2.38 bits per heavy atom. The van der Waals surface area contributed by atoms with Crippen molar-refractivity contribution in [1.29, 1.82) is 0 Å². The highest BCUT2D eigenvalue weighted by Crippen LogP contribution is 2.15. The maximum absolute atomic E-state index is 11.8. The summed E-state index contributed by atoms with van der Waals surface area (Å²) in [4.78, 5) is 17.1. The molecule has 1 aromatic rings. The molecule has 0 aliphatic carbocycles. The van der Waals surface area contributed by atoms with Crippen LogP contribution < -0.4 is 0 Å². The number of pyridine rings is 1. The predicted octanol–water partition coefficient (Wildman–Crippen LogP) is 0.896. The third kappa shape index (κ3) is 3.20. The number of amides is 1. The fourth-order valence-corrected chi connectivity index (χ4v) is 1.22. The minimum atomic E-state index is -0.236. The lowest BCUT2D eigenvalue weighted by Gasteiger charge is -2.17. The van der Waals surface area contributed by atoms with Gasteiger partial charge in [0.15, 0.2) is 0 Å². The van der Waals surface area contributed by atoms with Gasteiger partial charge < -0.3 is 14.7 Å². The van der Waals surface area contributed by atoms with E-state index in [0.29, 0.717) is 19.8 Å². The second-order valence-electron chi connectivity index (χ2n) is 3.32. The molecule has 5 heteroatoms. The highest BCUT2D eigenvalue weighted by Gasteiger charge is 2.14. The van der Waals surface area contributed by atoms with E-state index in [9.17, 15) is 9.90 Å². The van der Waals surface area contributed by atoms with Gasteiger partial charge in [-0.3, -0.25) is 9.78 Å². The Balaban J connectivity index is 2.60. The van der Waals surface area contributed by atoms with Crippen molar-refractivity contribution in [3.63, 3.8) is 0 Å². The molecule has 0 aliphatic rings. The molecule has 0 radical (unpaired) electrons. The normalized spacial score (nSPS) is 10.1. The molecule has 1 N–H and O–H groups in total.